The van der Waals surface area contributed by atoms with Gasteiger partial charge in [-0.15, -0.1) is 0 Å². The topological polar surface area (TPSA) is 22.1 Å². The predicted octanol–water partition coefficient (Wildman–Crippen LogP) is 10.9. The predicted molar refractivity (Wildman–Crippen MR) is 207 cm³/mol. The average Bonchev–Trinajstić information content (AvgIpc) is 3.84. The molecule has 0 saturated heterocycles. The van der Waals surface area contributed by atoms with Gasteiger partial charge in [0.15, 0.2) is 0 Å². The Balaban J connectivity index is 1.17. The van der Waals surface area contributed by atoms with Crippen LogP contribution in [0.4, 0.5) is 0 Å². The molecule has 0 saturated carbocycles. The molecule has 7 aromatic rings. The second kappa shape index (κ2) is 8.85. The summed E-state index contributed by atoms with van der Waals surface area (Å²) in [4.78, 5) is 5.37. The van der Waals surface area contributed by atoms with E-state index in [1.807, 2.05) is 0 Å². The van der Waals surface area contributed by atoms with Crippen molar-refractivity contribution in [3.05, 3.63) is 191 Å². The summed E-state index contributed by atoms with van der Waals surface area (Å²) in [5, 5.41) is 4.36. The molecule has 6 aromatic carbocycles. The minimum absolute atomic E-state index is 0.395. The van der Waals surface area contributed by atoms with E-state index in [0.717, 1.165) is 34.0 Å². The van der Waals surface area contributed by atoms with Gasteiger partial charge < -0.3 is 0 Å². The Hall–Kier alpha value is -5.82. The fraction of sp³-hybridized carbons (Fsp3) is 0.0426. The van der Waals surface area contributed by atoms with Gasteiger partial charge in [0.2, 0.25) is 0 Å². The molecule has 50 heavy (non-hydrogen) atoms. The van der Waals surface area contributed by atoms with Gasteiger partial charge in [0.05, 0.1) is 0 Å². The number of pyridine rings is 1. The summed E-state index contributed by atoms with van der Waals surface area (Å²) in [6.07, 6.45) is 2.46. The number of rotatable bonds is 3. The molecule has 0 fully saturated rings. The Labute approximate surface area is 291 Å². The molecule has 0 amide bonds. The number of nitrogens with zero attached hydrogens (tertiary/aromatic N) is 1. The Morgan fingerprint density at radius 3 is 2.08 bits per heavy atom. The van der Waals surface area contributed by atoms with Crippen molar-refractivity contribution in [3.63, 3.8) is 0 Å². The molecule has 0 bridgehead atoms. The van der Waals surface area contributed by atoms with Crippen molar-refractivity contribution in [1.82, 2.24) is 4.98 Å². The SMILES string of the molecule is CP123C=CC4=C1C1(c5ccccc54)c4cc(-c5cc(-c6ccccc6)cc(-c6ccccc6)n5)ccc4-c4ccc(c2c41)Oc1ccccc13. The Morgan fingerprint density at radius 2 is 1.24 bits per heavy atom. The summed E-state index contributed by atoms with van der Waals surface area (Å²) in [6.45, 7) is -0.434. The molecule has 5 aliphatic rings. The van der Waals surface area contributed by atoms with Crippen LogP contribution in [0.3, 0.4) is 0 Å². The monoisotopic (exact) mass is 655 g/mol. The van der Waals surface area contributed by atoms with Crippen LogP contribution >= 0.6 is 6.60 Å². The van der Waals surface area contributed by atoms with Gasteiger partial charge in [-0.2, -0.15) is 0 Å². The third-order valence-electron chi connectivity index (χ3n) is 12.2. The van der Waals surface area contributed by atoms with Gasteiger partial charge in [-0.05, 0) is 0 Å². The molecule has 2 spiro atoms. The van der Waals surface area contributed by atoms with Gasteiger partial charge in [0.25, 0.3) is 0 Å². The molecule has 0 N–H and O–H groups in total. The first kappa shape index (κ1) is 27.1. The number of benzene rings is 6. The van der Waals surface area contributed by atoms with Crippen LogP contribution in [0.2, 0.25) is 0 Å². The molecule has 1 unspecified atom stereocenters. The zero-order chi connectivity index (χ0) is 32.8. The van der Waals surface area contributed by atoms with Crippen LogP contribution in [0.5, 0.6) is 11.5 Å². The first-order chi connectivity index (χ1) is 24.6. The second-order valence-electron chi connectivity index (χ2n) is 14.5. The van der Waals surface area contributed by atoms with Crippen LogP contribution < -0.4 is 15.3 Å². The fourth-order valence-electron chi connectivity index (χ4n) is 10.4. The average molecular weight is 656 g/mol. The minimum atomic E-state index is -3.03. The number of ether oxygens (including phenoxy) is 1. The van der Waals surface area contributed by atoms with Crippen LogP contribution in [0.15, 0.2) is 169 Å². The molecule has 234 valence electrons. The number of para-hydroxylation sites is 1. The molecule has 2 nitrogen and oxygen atoms in total. The normalized spacial score (nSPS) is 20.2. The molecule has 1 atom stereocenters. The number of allylic oxidation sites excluding steroid dienone is 3. The van der Waals surface area contributed by atoms with Crippen LogP contribution in [0, 0.1) is 0 Å². The van der Waals surface area contributed by atoms with Gasteiger partial charge in [0.1, 0.15) is 0 Å². The molecule has 12 rings (SSSR count). The fourth-order valence-corrected chi connectivity index (χ4v) is 16.8. The van der Waals surface area contributed by atoms with Crippen molar-refractivity contribution >= 4 is 22.8 Å². The van der Waals surface area contributed by atoms with Gasteiger partial charge in [-0.25, -0.2) is 0 Å². The summed E-state index contributed by atoms with van der Waals surface area (Å²) in [6, 6.07) is 55.4. The molecular weight excluding hydrogens is 625 g/mol. The maximum absolute atomic E-state index is 6.83. The molecule has 3 aliphatic heterocycles. The van der Waals surface area contributed by atoms with E-state index >= 15 is 0 Å². The third-order valence-corrected chi connectivity index (χ3v) is 18.1. The Bertz CT molecular complexity index is 2710. The quantitative estimate of drug-likeness (QED) is 0.177. The number of aromatic nitrogens is 1. The van der Waals surface area contributed by atoms with Crippen LogP contribution in [-0.4, -0.2) is 11.6 Å². The van der Waals surface area contributed by atoms with E-state index in [0.29, 0.717) is 0 Å². The van der Waals surface area contributed by atoms with Crippen molar-refractivity contribution in [3.8, 4) is 56.3 Å². The van der Waals surface area contributed by atoms with E-state index in [1.54, 1.807) is 5.31 Å². The summed E-state index contributed by atoms with van der Waals surface area (Å²) in [5.41, 5.74) is 15.8. The molecule has 0 radical (unpaired) electrons. The molecule has 3 heteroatoms. The number of hydrogen-bond donors (Lipinski definition) is 0. The summed E-state index contributed by atoms with van der Waals surface area (Å²) in [5.74, 6) is 4.63. The first-order valence-corrected chi connectivity index (χ1v) is 20.1. The molecule has 2 aliphatic carbocycles. The molecule has 1 aromatic heterocycles. The Morgan fingerprint density at radius 1 is 0.540 bits per heavy atom. The van der Waals surface area contributed by atoms with Crippen molar-refractivity contribution in [2.45, 2.75) is 5.41 Å². The van der Waals surface area contributed by atoms with E-state index in [-0.39, 0.29) is 0 Å². The first-order valence-electron chi connectivity index (χ1n) is 17.4. The van der Waals surface area contributed by atoms with Crippen molar-refractivity contribution < 1.29 is 4.74 Å². The van der Waals surface area contributed by atoms with Crippen molar-refractivity contribution in [2.24, 2.45) is 0 Å². The van der Waals surface area contributed by atoms with E-state index in [4.69, 9.17) is 9.72 Å². The van der Waals surface area contributed by atoms with Crippen LogP contribution in [0.25, 0.3) is 50.3 Å². The van der Waals surface area contributed by atoms with E-state index in [1.165, 1.54) is 60.7 Å². The number of fused-ring (bicyclic) bond motifs is 5. The van der Waals surface area contributed by atoms with Gasteiger partial charge >= 0.3 is 292 Å². The zero-order valence-corrected chi connectivity index (χ0v) is 28.3. The van der Waals surface area contributed by atoms with Gasteiger partial charge in [0, 0.05) is 0 Å². The summed E-state index contributed by atoms with van der Waals surface area (Å²) in [7, 11) is 0. The van der Waals surface area contributed by atoms with Crippen LogP contribution in [-0.2, 0) is 5.41 Å². The molecule has 4 heterocycles. The zero-order valence-electron chi connectivity index (χ0n) is 27.4. The number of hydrogen-bond acceptors (Lipinski definition) is 2. The standard InChI is InChI=1S/C47H30NOP/c1-50-25-24-36-33-16-8-9-17-37(33)47(46(36)50)38-26-31(40-28-32(29-12-4-2-5-13-29)27-39(48-40)30-14-6-3-7-15-30)20-21-34(38)35-22-23-42(45(50)44(35)47)49-41-18-10-11-19-43(41)50/h2-28H,1H3. The second-order valence-corrected chi connectivity index (χ2v) is 19.5. The van der Waals surface area contributed by atoms with Crippen LogP contribution in [0.1, 0.15) is 22.3 Å². The van der Waals surface area contributed by atoms with Gasteiger partial charge in [-0.3, -0.25) is 0 Å². The summed E-state index contributed by atoms with van der Waals surface area (Å²) < 4.78 is 6.83. The van der Waals surface area contributed by atoms with Crippen molar-refractivity contribution in [1.29, 1.82) is 0 Å². The Kier molecular flexibility index (Phi) is 4.79. The van der Waals surface area contributed by atoms with E-state index in [2.05, 4.69) is 170 Å². The van der Waals surface area contributed by atoms with Crippen molar-refractivity contribution in [2.75, 3.05) is 6.66 Å². The maximum atomic E-state index is 6.83. The van der Waals surface area contributed by atoms with Gasteiger partial charge in [-0.1, -0.05) is 0 Å². The molecular formula is C47H30NOP. The van der Waals surface area contributed by atoms with E-state index < -0.39 is 12.0 Å². The summed E-state index contributed by atoms with van der Waals surface area (Å²) >= 11 is 0. The van der Waals surface area contributed by atoms with E-state index in [9.17, 15) is 0 Å². The third kappa shape index (κ3) is 2.90.